The first-order chi connectivity index (χ1) is 9.90. The van der Waals surface area contributed by atoms with Crippen molar-refractivity contribution in [2.75, 3.05) is 0 Å². The number of nitrogens with zero attached hydrogens (tertiary/aromatic N) is 1. The van der Waals surface area contributed by atoms with Crippen molar-refractivity contribution in [1.82, 2.24) is 9.88 Å². The van der Waals surface area contributed by atoms with Gasteiger partial charge in [0.15, 0.2) is 0 Å². The summed E-state index contributed by atoms with van der Waals surface area (Å²) in [6.07, 6.45) is 2.70. The molecule has 0 aromatic carbocycles. The van der Waals surface area contributed by atoms with Crippen molar-refractivity contribution in [3.63, 3.8) is 0 Å². The lowest BCUT2D eigenvalue weighted by atomic mass is 10.1. The molecule has 1 aromatic rings. The largest absolute Gasteiger partial charge is 0.480 e. The smallest absolute Gasteiger partial charge is 0.326 e. The number of carbonyl (C=O) groups is 2. The van der Waals surface area contributed by atoms with E-state index >= 15 is 0 Å². The van der Waals surface area contributed by atoms with Crippen LogP contribution >= 0.6 is 11.6 Å². The quantitative estimate of drug-likeness (QED) is 0.803. The molecule has 0 aliphatic heterocycles. The monoisotopic (exact) mass is 314 g/mol. The van der Waals surface area contributed by atoms with Gasteiger partial charge in [0, 0.05) is 12.3 Å². The van der Waals surface area contributed by atoms with Crippen LogP contribution in [-0.4, -0.2) is 27.6 Å². The van der Waals surface area contributed by atoms with Crippen LogP contribution in [0.1, 0.15) is 39.2 Å². The molecule has 1 heterocycles. The molecule has 21 heavy (non-hydrogen) atoms. The summed E-state index contributed by atoms with van der Waals surface area (Å²) >= 11 is 5.84. The average molecular weight is 315 g/mol. The molecular weight excluding hydrogens is 296 g/mol. The first-order valence-corrected chi connectivity index (χ1v) is 7.19. The summed E-state index contributed by atoms with van der Waals surface area (Å²) in [5, 5.41) is 11.9. The molecule has 2 atom stereocenters. The van der Waals surface area contributed by atoms with Gasteiger partial charge in [0.1, 0.15) is 12.1 Å². The van der Waals surface area contributed by atoms with Gasteiger partial charge in [-0.25, -0.2) is 4.79 Å². The Kier molecular flexibility index (Phi) is 6.42. The normalized spacial score (nSPS) is 13.5. The number of aliphatic carboxylic acids is 1. The number of nitrogens with one attached hydrogen (secondary N) is 1. The molecule has 0 spiro atoms. The van der Waals surface area contributed by atoms with Gasteiger partial charge in [-0.05, 0) is 18.9 Å². The highest BCUT2D eigenvalue weighted by Crippen LogP contribution is 2.13. The highest BCUT2D eigenvalue weighted by Gasteiger charge is 2.25. The third kappa shape index (κ3) is 4.60. The van der Waals surface area contributed by atoms with Gasteiger partial charge in [0.05, 0.1) is 5.02 Å². The van der Waals surface area contributed by atoms with E-state index in [1.54, 1.807) is 6.92 Å². The second-order valence-corrected chi connectivity index (χ2v) is 5.14. The van der Waals surface area contributed by atoms with Crippen molar-refractivity contribution in [3.8, 4) is 0 Å². The number of hydrogen-bond donors (Lipinski definition) is 2. The van der Waals surface area contributed by atoms with Gasteiger partial charge < -0.3 is 15.0 Å². The Balaban J connectivity index is 2.98. The Morgan fingerprint density at radius 3 is 2.57 bits per heavy atom. The van der Waals surface area contributed by atoms with Crippen LogP contribution in [0.4, 0.5) is 0 Å². The molecule has 0 saturated heterocycles. The molecule has 2 N–H and O–H groups in total. The fourth-order valence-electron chi connectivity index (χ4n) is 2.04. The summed E-state index contributed by atoms with van der Waals surface area (Å²) in [6.45, 7) is 3.58. The summed E-state index contributed by atoms with van der Waals surface area (Å²) in [4.78, 5) is 35.2. The van der Waals surface area contributed by atoms with Gasteiger partial charge in [-0.15, -0.1) is 0 Å². The van der Waals surface area contributed by atoms with E-state index in [1.165, 1.54) is 22.9 Å². The predicted octanol–water partition coefficient (Wildman–Crippen LogP) is 1.82. The zero-order valence-electron chi connectivity index (χ0n) is 12.0. The molecule has 1 rings (SSSR count). The highest BCUT2D eigenvalue weighted by molar-refractivity contribution is 6.30. The van der Waals surface area contributed by atoms with Gasteiger partial charge in [-0.3, -0.25) is 9.59 Å². The van der Waals surface area contributed by atoms with Crippen LogP contribution in [0.2, 0.25) is 5.02 Å². The van der Waals surface area contributed by atoms with Gasteiger partial charge in [0.2, 0.25) is 5.91 Å². The van der Waals surface area contributed by atoms with Crippen molar-refractivity contribution < 1.29 is 14.7 Å². The topological polar surface area (TPSA) is 88.4 Å². The molecular formula is C14H19ClN2O4. The molecule has 0 aliphatic rings. The average Bonchev–Trinajstić information content (AvgIpc) is 2.42. The van der Waals surface area contributed by atoms with E-state index in [-0.39, 0.29) is 5.56 Å². The lowest BCUT2D eigenvalue weighted by Gasteiger charge is -2.21. The number of carbonyl (C=O) groups excluding carboxylic acids is 1. The number of rotatable bonds is 7. The number of halogens is 1. The summed E-state index contributed by atoms with van der Waals surface area (Å²) < 4.78 is 1.22. The molecule has 1 amide bonds. The molecule has 0 saturated carbocycles. The van der Waals surface area contributed by atoms with Gasteiger partial charge in [-0.1, -0.05) is 31.9 Å². The van der Waals surface area contributed by atoms with E-state index in [0.717, 1.165) is 0 Å². The van der Waals surface area contributed by atoms with Crippen LogP contribution in [0.25, 0.3) is 0 Å². The van der Waals surface area contributed by atoms with Crippen LogP contribution in [0, 0.1) is 0 Å². The highest BCUT2D eigenvalue weighted by atomic mass is 35.5. The first-order valence-electron chi connectivity index (χ1n) is 6.81. The maximum atomic E-state index is 12.3. The number of amides is 1. The fourth-order valence-corrected chi connectivity index (χ4v) is 2.21. The van der Waals surface area contributed by atoms with Crippen LogP contribution < -0.4 is 10.9 Å². The second-order valence-electron chi connectivity index (χ2n) is 4.70. The predicted molar refractivity (Wildman–Crippen MR) is 79.5 cm³/mol. The minimum atomic E-state index is -1.08. The maximum absolute atomic E-state index is 12.3. The van der Waals surface area contributed by atoms with Crippen LogP contribution in [-0.2, 0) is 9.59 Å². The number of carboxylic acid groups (broad SMARTS) is 1. The molecule has 0 fully saturated rings. The Morgan fingerprint density at radius 1 is 1.38 bits per heavy atom. The van der Waals surface area contributed by atoms with E-state index in [9.17, 15) is 14.4 Å². The van der Waals surface area contributed by atoms with Crippen LogP contribution in [0.3, 0.4) is 0 Å². The lowest BCUT2D eigenvalue weighted by Crippen LogP contribution is -2.45. The van der Waals surface area contributed by atoms with Crippen molar-refractivity contribution in [2.24, 2.45) is 0 Å². The Morgan fingerprint density at radius 2 is 2.05 bits per heavy atom. The second kappa shape index (κ2) is 7.83. The Labute approximate surface area is 127 Å². The molecule has 0 aliphatic carbocycles. The minimum absolute atomic E-state index is 0.335. The molecule has 116 valence electrons. The molecule has 6 nitrogen and oxygen atoms in total. The first kappa shape index (κ1) is 17.2. The molecule has 7 heteroatoms. The third-order valence-corrected chi connectivity index (χ3v) is 3.34. The van der Waals surface area contributed by atoms with Crippen molar-refractivity contribution >= 4 is 23.5 Å². The Bertz CT molecular complexity index is 570. The number of hydrogen-bond acceptors (Lipinski definition) is 3. The molecule has 2 unspecified atom stereocenters. The molecule has 0 radical (unpaired) electrons. The van der Waals surface area contributed by atoms with Gasteiger partial charge in [0.25, 0.3) is 5.56 Å². The summed E-state index contributed by atoms with van der Waals surface area (Å²) in [5.74, 6) is -1.58. The van der Waals surface area contributed by atoms with Crippen molar-refractivity contribution in [2.45, 2.75) is 45.2 Å². The third-order valence-electron chi connectivity index (χ3n) is 3.12. The summed E-state index contributed by atoms with van der Waals surface area (Å²) in [6, 6.07) is 0.988. The number of pyridine rings is 1. The fraction of sp³-hybridized carbons (Fsp3) is 0.500. The minimum Gasteiger partial charge on any atom is -0.480 e. The van der Waals surface area contributed by atoms with Crippen molar-refractivity contribution in [1.29, 1.82) is 0 Å². The van der Waals surface area contributed by atoms with Crippen LogP contribution in [0.5, 0.6) is 0 Å². The van der Waals surface area contributed by atoms with E-state index < -0.39 is 24.0 Å². The Hall–Kier alpha value is -1.82. The standard InChI is InChI=1S/C14H19ClN2O4/c1-3-5-10(14(20)21)16-13(19)11(4-2)17-8-9(15)6-7-12(17)18/h6-8,10-11H,3-5H2,1-2H3,(H,16,19)(H,20,21). The zero-order chi connectivity index (χ0) is 16.0. The van der Waals surface area contributed by atoms with E-state index in [1.807, 2.05) is 6.92 Å². The van der Waals surface area contributed by atoms with Gasteiger partial charge >= 0.3 is 5.97 Å². The lowest BCUT2D eigenvalue weighted by molar-refractivity contribution is -0.142. The molecule has 0 bridgehead atoms. The zero-order valence-corrected chi connectivity index (χ0v) is 12.8. The van der Waals surface area contributed by atoms with Gasteiger partial charge in [-0.2, -0.15) is 0 Å². The number of aromatic nitrogens is 1. The van der Waals surface area contributed by atoms with Crippen LogP contribution in [0.15, 0.2) is 23.1 Å². The van der Waals surface area contributed by atoms with E-state index in [0.29, 0.717) is 24.3 Å². The van der Waals surface area contributed by atoms with E-state index in [4.69, 9.17) is 16.7 Å². The SMILES string of the molecule is CCCC(NC(=O)C(CC)n1cc(Cl)ccc1=O)C(=O)O. The summed E-state index contributed by atoms with van der Waals surface area (Å²) in [7, 11) is 0. The number of carboxylic acids is 1. The van der Waals surface area contributed by atoms with Crippen molar-refractivity contribution in [3.05, 3.63) is 33.7 Å². The maximum Gasteiger partial charge on any atom is 0.326 e. The summed E-state index contributed by atoms with van der Waals surface area (Å²) in [5.41, 5.74) is -0.358. The molecule has 1 aromatic heterocycles. The van der Waals surface area contributed by atoms with E-state index in [2.05, 4.69) is 5.32 Å².